The van der Waals surface area contributed by atoms with Gasteiger partial charge in [0.1, 0.15) is 16.5 Å². The van der Waals surface area contributed by atoms with Crippen LogP contribution in [0.2, 0.25) is 5.15 Å². The van der Waals surface area contributed by atoms with Gasteiger partial charge in [0.2, 0.25) is 0 Å². The molecule has 1 saturated heterocycles. The molecule has 1 aliphatic heterocycles. The molecule has 4 rings (SSSR count). The Balaban J connectivity index is 1.31. The van der Waals surface area contributed by atoms with Crippen LogP contribution in [0.5, 0.6) is 0 Å². The second-order valence-electron chi connectivity index (χ2n) is 10.3. The average Bonchev–Trinajstić information content (AvgIpc) is 3.52. The molecule has 3 amide bonds. The highest BCUT2D eigenvalue weighted by atomic mass is 35.5. The summed E-state index contributed by atoms with van der Waals surface area (Å²) in [6, 6.07) is 4.07. The maximum absolute atomic E-state index is 13.4. The summed E-state index contributed by atoms with van der Waals surface area (Å²) in [6.45, 7) is 12.4. The molecule has 0 saturated carbocycles. The third-order valence-corrected chi connectivity index (χ3v) is 8.39. The first-order chi connectivity index (χ1) is 18.6. The van der Waals surface area contributed by atoms with Crippen molar-refractivity contribution in [3.8, 4) is 0 Å². The van der Waals surface area contributed by atoms with Gasteiger partial charge in [-0.15, -0.1) is 0 Å². The molecule has 39 heavy (non-hydrogen) atoms. The molecule has 1 unspecified atom stereocenters. The summed E-state index contributed by atoms with van der Waals surface area (Å²) in [6.07, 6.45) is 2.59. The van der Waals surface area contributed by atoms with Crippen LogP contribution in [0, 0.1) is 27.7 Å². The van der Waals surface area contributed by atoms with Gasteiger partial charge in [0.05, 0.1) is 11.3 Å². The normalized spacial score (nSPS) is 15.2. The second-order valence-corrected chi connectivity index (χ2v) is 11.4. The predicted molar refractivity (Wildman–Crippen MR) is 155 cm³/mol. The Morgan fingerprint density at radius 2 is 1.97 bits per heavy atom. The molecule has 9 nitrogen and oxygen atoms in total. The summed E-state index contributed by atoms with van der Waals surface area (Å²) >= 11 is 7.64. The first-order valence-electron chi connectivity index (χ1n) is 13.3. The zero-order chi connectivity index (χ0) is 28.1. The summed E-state index contributed by atoms with van der Waals surface area (Å²) in [7, 11) is 0. The zero-order valence-corrected chi connectivity index (χ0v) is 24.8. The van der Waals surface area contributed by atoms with Gasteiger partial charge in [-0.05, 0) is 87.9 Å². The molecule has 1 atom stereocenters. The lowest BCUT2D eigenvalue weighted by Gasteiger charge is -2.40. The fraction of sp³-hybridized carbons (Fsp3) is 0.500. The van der Waals surface area contributed by atoms with E-state index in [1.807, 2.05) is 24.1 Å². The standard InChI is InChI=1S/C28H37ClN6O3S/c1-17-14-24(29)31-19(3)25(17)27(36)30-10-6-18(2)34-11-7-23(8-12-34)35(15-22-9-13-39-16-22)28(37)32-26-20(4)33-38-21(26)5/h9,13-14,16,18,23H,6-8,10-12,15H2,1-5H3,(H,30,36)(H,32,37). The fourth-order valence-electron chi connectivity index (χ4n) is 5.22. The number of thiophene rings is 1. The number of halogens is 1. The molecule has 0 spiro atoms. The number of urea groups is 1. The number of amides is 3. The number of aryl methyl sites for hydroxylation is 4. The number of pyridine rings is 1. The van der Waals surface area contributed by atoms with Gasteiger partial charge in [0.25, 0.3) is 5.91 Å². The van der Waals surface area contributed by atoms with Crippen molar-refractivity contribution in [3.63, 3.8) is 0 Å². The first kappa shape index (κ1) is 29.0. The van der Waals surface area contributed by atoms with Gasteiger partial charge >= 0.3 is 6.03 Å². The van der Waals surface area contributed by atoms with E-state index in [0.29, 0.717) is 52.7 Å². The minimum atomic E-state index is -0.132. The Labute approximate surface area is 238 Å². The Hall–Kier alpha value is -2.95. The Morgan fingerprint density at radius 3 is 2.59 bits per heavy atom. The summed E-state index contributed by atoms with van der Waals surface area (Å²) < 4.78 is 5.23. The number of rotatable bonds is 9. The highest BCUT2D eigenvalue weighted by Gasteiger charge is 2.30. The number of hydrogen-bond acceptors (Lipinski definition) is 7. The summed E-state index contributed by atoms with van der Waals surface area (Å²) in [5, 5.41) is 14.6. The lowest BCUT2D eigenvalue weighted by molar-refractivity contribution is 0.0918. The van der Waals surface area contributed by atoms with Crippen molar-refractivity contribution in [2.24, 2.45) is 0 Å². The number of carbonyl (C=O) groups is 2. The van der Waals surface area contributed by atoms with Crippen molar-refractivity contribution in [1.29, 1.82) is 0 Å². The lowest BCUT2D eigenvalue weighted by atomic mass is 10.0. The molecule has 0 bridgehead atoms. The number of likely N-dealkylation sites (tertiary alicyclic amines) is 1. The summed E-state index contributed by atoms with van der Waals surface area (Å²) in [5.74, 6) is 0.484. The van der Waals surface area contributed by atoms with Gasteiger partial charge in [-0.3, -0.25) is 4.79 Å². The van der Waals surface area contributed by atoms with Crippen LogP contribution in [0.25, 0.3) is 0 Å². The van der Waals surface area contributed by atoms with Crippen LogP contribution in [0.1, 0.15) is 64.8 Å². The highest BCUT2D eigenvalue weighted by Crippen LogP contribution is 2.25. The van der Waals surface area contributed by atoms with E-state index < -0.39 is 0 Å². The van der Waals surface area contributed by atoms with Crippen molar-refractivity contribution in [3.05, 3.63) is 61.9 Å². The summed E-state index contributed by atoms with van der Waals surface area (Å²) in [4.78, 5) is 34.8. The maximum atomic E-state index is 13.4. The quantitative estimate of drug-likeness (QED) is 0.318. The van der Waals surface area contributed by atoms with Crippen LogP contribution in [-0.2, 0) is 6.54 Å². The monoisotopic (exact) mass is 572 g/mol. The molecule has 4 heterocycles. The average molecular weight is 573 g/mol. The Kier molecular flexibility index (Phi) is 9.63. The maximum Gasteiger partial charge on any atom is 0.322 e. The van der Waals surface area contributed by atoms with Gasteiger partial charge in [0, 0.05) is 38.3 Å². The van der Waals surface area contributed by atoms with E-state index in [2.05, 4.69) is 44.0 Å². The van der Waals surface area contributed by atoms with Crippen molar-refractivity contribution in [2.45, 2.75) is 72.5 Å². The van der Waals surface area contributed by atoms with Crippen LogP contribution < -0.4 is 10.6 Å². The number of nitrogens with zero attached hydrogens (tertiary/aromatic N) is 4. The van der Waals surface area contributed by atoms with Gasteiger partial charge in [0.15, 0.2) is 5.76 Å². The zero-order valence-electron chi connectivity index (χ0n) is 23.2. The van der Waals surface area contributed by atoms with Crippen molar-refractivity contribution in [1.82, 2.24) is 25.3 Å². The van der Waals surface area contributed by atoms with Crippen LogP contribution in [0.15, 0.2) is 27.4 Å². The molecular formula is C28H37ClN6O3S. The minimum Gasteiger partial charge on any atom is -0.359 e. The van der Waals surface area contributed by atoms with Gasteiger partial charge in [-0.1, -0.05) is 16.8 Å². The van der Waals surface area contributed by atoms with Crippen LogP contribution >= 0.6 is 22.9 Å². The van der Waals surface area contributed by atoms with E-state index in [9.17, 15) is 9.59 Å². The number of anilines is 1. The third-order valence-electron chi connectivity index (χ3n) is 7.46. The second kappa shape index (κ2) is 12.9. The number of carbonyl (C=O) groups excluding carboxylic acids is 2. The molecule has 3 aromatic rings. The minimum absolute atomic E-state index is 0.117. The van der Waals surface area contributed by atoms with Crippen molar-refractivity contribution < 1.29 is 14.1 Å². The largest absolute Gasteiger partial charge is 0.359 e. The van der Waals surface area contributed by atoms with E-state index in [4.69, 9.17) is 16.1 Å². The third kappa shape index (κ3) is 7.17. The molecule has 2 N–H and O–H groups in total. The molecule has 1 fully saturated rings. The van der Waals surface area contributed by atoms with Gasteiger partial charge in [-0.2, -0.15) is 11.3 Å². The number of piperidine rings is 1. The van der Waals surface area contributed by atoms with Gasteiger partial charge in [-0.25, -0.2) is 9.78 Å². The molecule has 11 heteroatoms. The SMILES string of the molecule is Cc1cc(Cl)nc(C)c1C(=O)NCCC(C)N1CCC(N(Cc2ccsc2)C(=O)Nc2c(C)noc2C)CC1. The topological polar surface area (TPSA) is 104 Å². The highest BCUT2D eigenvalue weighted by molar-refractivity contribution is 7.07. The molecule has 0 aliphatic carbocycles. The lowest BCUT2D eigenvalue weighted by Crippen LogP contribution is -2.50. The van der Waals surface area contributed by atoms with Gasteiger partial charge < -0.3 is 25.0 Å². The predicted octanol–water partition coefficient (Wildman–Crippen LogP) is 5.73. The van der Waals surface area contributed by atoms with E-state index >= 15 is 0 Å². The van der Waals surface area contributed by atoms with Crippen LogP contribution in [0.4, 0.5) is 10.5 Å². The molecule has 0 aromatic carbocycles. The van der Waals surface area contributed by atoms with E-state index in [1.54, 1.807) is 31.3 Å². The number of hydrogen-bond donors (Lipinski definition) is 2. The van der Waals surface area contributed by atoms with Crippen molar-refractivity contribution >= 4 is 40.6 Å². The summed E-state index contributed by atoms with van der Waals surface area (Å²) in [5.41, 5.74) is 4.49. The Bertz CT molecular complexity index is 1240. The molecule has 0 radical (unpaired) electrons. The number of aromatic nitrogens is 2. The molecule has 1 aliphatic rings. The molecule has 3 aromatic heterocycles. The number of nitrogens with one attached hydrogen (secondary N) is 2. The van der Waals surface area contributed by atoms with E-state index in [0.717, 1.165) is 43.5 Å². The molecular weight excluding hydrogens is 536 g/mol. The van der Waals surface area contributed by atoms with Crippen LogP contribution in [0.3, 0.4) is 0 Å². The Morgan fingerprint density at radius 1 is 1.23 bits per heavy atom. The first-order valence-corrected chi connectivity index (χ1v) is 14.6. The van der Waals surface area contributed by atoms with E-state index in [1.165, 1.54) is 0 Å². The van der Waals surface area contributed by atoms with E-state index in [-0.39, 0.29) is 18.0 Å². The van der Waals surface area contributed by atoms with Crippen molar-refractivity contribution in [2.75, 3.05) is 25.0 Å². The fourth-order valence-corrected chi connectivity index (χ4v) is 6.17. The smallest absolute Gasteiger partial charge is 0.322 e. The van der Waals surface area contributed by atoms with Crippen LogP contribution in [-0.4, -0.2) is 63.6 Å². The molecule has 210 valence electrons.